The third kappa shape index (κ3) is 3.83. The third-order valence-corrected chi connectivity index (χ3v) is 4.71. The van der Waals surface area contributed by atoms with E-state index in [1.807, 2.05) is 6.07 Å². The molecule has 1 heterocycles. The molecule has 0 bridgehead atoms. The number of nitrogens with one attached hydrogen (secondary N) is 1. The van der Waals surface area contributed by atoms with Crippen LogP contribution in [0.2, 0.25) is 0 Å². The SMILES string of the molecule is N#Cc1cc(Nc2ncc3c(n2)CCCCC3=O)cc(OCC2CC2)c1. The van der Waals surface area contributed by atoms with Gasteiger partial charge in [0.2, 0.25) is 5.95 Å². The molecule has 0 spiro atoms. The fourth-order valence-electron chi connectivity index (χ4n) is 3.06. The van der Waals surface area contributed by atoms with E-state index in [1.54, 1.807) is 18.3 Å². The van der Waals surface area contributed by atoms with Crippen LogP contribution < -0.4 is 10.1 Å². The lowest BCUT2D eigenvalue weighted by molar-refractivity contribution is 0.0981. The number of hydrogen-bond donors (Lipinski definition) is 1. The number of aromatic nitrogens is 2. The van der Waals surface area contributed by atoms with E-state index in [4.69, 9.17) is 4.74 Å². The number of hydrogen-bond acceptors (Lipinski definition) is 6. The van der Waals surface area contributed by atoms with E-state index < -0.39 is 0 Å². The highest BCUT2D eigenvalue weighted by Crippen LogP contribution is 2.31. The minimum absolute atomic E-state index is 0.117. The van der Waals surface area contributed by atoms with Gasteiger partial charge in [-0.25, -0.2) is 9.97 Å². The summed E-state index contributed by atoms with van der Waals surface area (Å²) in [5.74, 6) is 1.86. The summed E-state index contributed by atoms with van der Waals surface area (Å²) in [5, 5.41) is 12.4. The average Bonchev–Trinajstić information content (AvgIpc) is 3.48. The highest BCUT2D eigenvalue weighted by atomic mass is 16.5. The van der Waals surface area contributed by atoms with Crippen molar-refractivity contribution in [2.75, 3.05) is 11.9 Å². The first-order valence-electron chi connectivity index (χ1n) is 9.05. The van der Waals surface area contributed by atoms with Crippen LogP contribution >= 0.6 is 0 Å². The first-order valence-corrected chi connectivity index (χ1v) is 9.05. The molecule has 0 unspecified atom stereocenters. The third-order valence-electron chi connectivity index (χ3n) is 4.71. The van der Waals surface area contributed by atoms with Gasteiger partial charge in [-0.2, -0.15) is 5.26 Å². The number of ketones is 1. The van der Waals surface area contributed by atoms with Crippen LogP contribution in [0.3, 0.4) is 0 Å². The first kappa shape index (κ1) is 16.5. The standard InChI is InChI=1S/C20H20N4O2/c21-10-14-7-15(9-16(8-14)26-12-13-5-6-13)23-20-22-11-17-18(24-20)3-1-2-4-19(17)25/h7-9,11,13H,1-6,12H2,(H,22,23,24). The van der Waals surface area contributed by atoms with E-state index in [1.165, 1.54) is 12.8 Å². The number of carbonyl (C=O) groups is 1. The van der Waals surface area contributed by atoms with E-state index in [0.29, 0.717) is 47.5 Å². The number of ether oxygens (including phenoxy) is 1. The molecule has 2 aliphatic rings. The number of nitrogens with zero attached hydrogens (tertiary/aromatic N) is 3. The van der Waals surface area contributed by atoms with Crippen LogP contribution in [0.5, 0.6) is 5.75 Å². The molecule has 1 fully saturated rings. The average molecular weight is 348 g/mol. The Morgan fingerprint density at radius 3 is 2.88 bits per heavy atom. The summed E-state index contributed by atoms with van der Waals surface area (Å²) in [4.78, 5) is 20.9. The second-order valence-electron chi connectivity index (χ2n) is 6.92. The molecular formula is C20H20N4O2. The van der Waals surface area contributed by atoms with Crippen molar-refractivity contribution in [2.24, 2.45) is 5.92 Å². The van der Waals surface area contributed by atoms with Crippen LogP contribution in [0.4, 0.5) is 11.6 Å². The van der Waals surface area contributed by atoms with Gasteiger partial charge in [0.1, 0.15) is 5.75 Å². The number of nitriles is 1. The molecule has 6 nitrogen and oxygen atoms in total. The Morgan fingerprint density at radius 2 is 2.08 bits per heavy atom. The Bertz CT molecular complexity index is 884. The molecule has 1 N–H and O–H groups in total. The second kappa shape index (κ2) is 7.12. The lowest BCUT2D eigenvalue weighted by Crippen LogP contribution is -2.07. The highest BCUT2D eigenvalue weighted by Gasteiger charge is 2.22. The maximum atomic E-state index is 12.1. The molecule has 26 heavy (non-hydrogen) atoms. The molecule has 1 saturated carbocycles. The van der Waals surface area contributed by atoms with Crippen molar-refractivity contribution in [3.63, 3.8) is 0 Å². The summed E-state index contributed by atoms with van der Waals surface area (Å²) in [6.07, 6.45) is 7.23. The normalized spacial score (nSPS) is 16.3. The van der Waals surface area contributed by atoms with E-state index in [9.17, 15) is 10.1 Å². The molecule has 132 valence electrons. The Morgan fingerprint density at radius 1 is 1.23 bits per heavy atom. The fourth-order valence-corrected chi connectivity index (χ4v) is 3.06. The van der Waals surface area contributed by atoms with Gasteiger partial charge in [-0.3, -0.25) is 4.79 Å². The molecule has 2 aliphatic carbocycles. The number of Topliss-reactive ketones (excluding diaryl/α,β-unsaturated/α-hetero) is 1. The van der Waals surface area contributed by atoms with Crippen molar-refractivity contribution in [1.29, 1.82) is 5.26 Å². The number of fused-ring (bicyclic) bond motifs is 1. The molecule has 1 aromatic heterocycles. The summed E-state index contributed by atoms with van der Waals surface area (Å²) < 4.78 is 5.80. The zero-order chi connectivity index (χ0) is 17.9. The highest BCUT2D eigenvalue weighted by molar-refractivity contribution is 5.97. The maximum Gasteiger partial charge on any atom is 0.227 e. The predicted octanol–water partition coefficient (Wildman–Crippen LogP) is 3.79. The van der Waals surface area contributed by atoms with Crippen molar-refractivity contribution in [1.82, 2.24) is 9.97 Å². The lowest BCUT2D eigenvalue weighted by Gasteiger charge is -2.11. The summed E-state index contributed by atoms with van der Waals surface area (Å²) in [5.41, 5.74) is 2.65. The van der Waals surface area contributed by atoms with Crippen molar-refractivity contribution >= 4 is 17.4 Å². The van der Waals surface area contributed by atoms with Gasteiger partial charge >= 0.3 is 0 Å². The summed E-state index contributed by atoms with van der Waals surface area (Å²) in [6, 6.07) is 7.49. The molecule has 1 aromatic carbocycles. The number of aryl methyl sites for hydroxylation is 1. The van der Waals surface area contributed by atoms with Crippen molar-refractivity contribution in [3.8, 4) is 11.8 Å². The second-order valence-corrected chi connectivity index (χ2v) is 6.92. The van der Waals surface area contributed by atoms with Crippen molar-refractivity contribution in [2.45, 2.75) is 38.5 Å². The fraction of sp³-hybridized carbons (Fsp3) is 0.400. The molecule has 2 aromatic rings. The zero-order valence-corrected chi connectivity index (χ0v) is 14.5. The van der Waals surface area contributed by atoms with Gasteiger partial charge in [-0.05, 0) is 50.2 Å². The predicted molar refractivity (Wildman–Crippen MR) is 96.6 cm³/mol. The van der Waals surface area contributed by atoms with Crippen molar-refractivity contribution < 1.29 is 9.53 Å². The molecule has 0 amide bonds. The van der Waals surface area contributed by atoms with Gasteiger partial charge < -0.3 is 10.1 Å². The summed E-state index contributed by atoms with van der Waals surface area (Å²) in [7, 11) is 0. The molecular weight excluding hydrogens is 328 g/mol. The van der Waals surface area contributed by atoms with E-state index in [0.717, 1.165) is 25.0 Å². The Kier molecular flexibility index (Phi) is 4.53. The lowest BCUT2D eigenvalue weighted by atomic mass is 10.1. The van der Waals surface area contributed by atoms with Crippen LogP contribution in [0.15, 0.2) is 24.4 Å². The molecule has 4 rings (SSSR count). The van der Waals surface area contributed by atoms with E-state index >= 15 is 0 Å². The summed E-state index contributed by atoms with van der Waals surface area (Å²) >= 11 is 0. The molecule has 6 heteroatoms. The number of benzene rings is 1. The minimum Gasteiger partial charge on any atom is -0.493 e. The van der Waals surface area contributed by atoms with Gasteiger partial charge in [-0.1, -0.05) is 0 Å². The van der Waals surface area contributed by atoms with Crippen LogP contribution in [-0.2, 0) is 6.42 Å². The molecule has 0 saturated heterocycles. The Hall–Kier alpha value is -2.94. The number of anilines is 2. The van der Waals surface area contributed by atoms with E-state index in [2.05, 4.69) is 21.4 Å². The Labute approximate surface area is 152 Å². The van der Waals surface area contributed by atoms with Gasteiger partial charge in [0, 0.05) is 24.4 Å². The topological polar surface area (TPSA) is 87.9 Å². The van der Waals surface area contributed by atoms with Gasteiger partial charge in [-0.15, -0.1) is 0 Å². The molecule has 0 atom stereocenters. The Balaban J connectivity index is 1.56. The zero-order valence-electron chi connectivity index (χ0n) is 14.5. The monoisotopic (exact) mass is 348 g/mol. The van der Waals surface area contributed by atoms with Crippen LogP contribution in [0.25, 0.3) is 0 Å². The molecule has 0 aliphatic heterocycles. The van der Waals surface area contributed by atoms with Crippen molar-refractivity contribution in [3.05, 3.63) is 41.2 Å². The maximum absolute atomic E-state index is 12.1. The smallest absolute Gasteiger partial charge is 0.227 e. The summed E-state index contributed by atoms with van der Waals surface area (Å²) in [6.45, 7) is 0.686. The van der Waals surface area contributed by atoms with Gasteiger partial charge in [0.25, 0.3) is 0 Å². The van der Waals surface area contributed by atoms with Gasteiger partial charge in [0.05, 0.1) is 29.5 Å². The number of carbonyl (C=O) groups excluding carboxylic acids is 1. The minimum atomic E-state index is 0.117. The van der Waals surface area contributed by atoms with Gasteiger partial charge in [0.15, 0.2) is 5.78 Å². The molecule has 0 radical (unpaired) electrons. The number of rotatable bonds is 5. The quantitative estimate of drug-likeness (QED) is 0.827. The van der Waals surface area contributed by atoms with E-state index in [-0.39, 0.29) is 5.78 Å². The largest absolute Gasteiger partial charge is 0.493 e. The van der Waals surface area contributed by atoms with Crippen LogP contribution in [-0.4, -0.2) is 22.4 Å². The first-order chi connectivity index (χ1) is 12.7. The van der Waals surface area contributed by atoms with Crippen LogP contribution in [0.1, 0.15) is 53.7 Å². The van der Waals surface area contributed by atoms with Crippen LogP contribution in [0, 0.1) is 17.2 Å².